The highest BCUT2D eigenvalue weighted by Gasteiger charge is 2.71. The Morgan fingerprint density at radius 3 is 2.75 bits per heavy atom. The summed E-state index contributed by atoms with van der Waals surface area (Å²) in [6.07, 6.45) is 0.943. The summed E-state index contributed by atoms with van der Waals surface area (Å²) in [4.78, 5) is 14.5. The number of likely N-dealkylation sites (tertiary alicyclic amines) is 1. The number of carbonyl (C=O) groups excluding carboxylic acids is 1. The fourth-order valence-electron chi connectivity index (χ4n) is 3.70. The van der Waals surface area contributed by atoms with Gasteiger partial charge in [-0.25, -0.2) is 0 Å². The van der Waals surface area contributed by atoms with Crippen LogP contribution in [0.2, 0.25) is 0 Å². The average Bonchev–Trinajstić information content (AvgIpc) is 3.12. The Hall–Kier alpha value is -1.39. The minimum atomic E-state index is -0.320. The molecule has 0 amide bonds. The molecule has 0 bridgehead atoms. The predicted molar refractivity (Wildman–Crippen MR) is 75.1 cm³/mol. The Morgan fingerprint density at radius 2 is 2.10 bits per heavy atom. The molecule has 1 aromatic carbocycles. The lowest BCUT2D eigenvalue weighted by Gasteiger charge is -2.30. The number of esters is 1. The number of ether oxygens (including phenoxy) is 2. The maximum atomic E-state index is 12.2. The summed E-state index contributed by atoms with van der Waals surface area (Å²) in [5.74, 6) is 0.360. The molecule has 1 saturated carbocycles. The van der Waals surface area contributed by atoms with Gasteiger partial charge in [-0.15, -0.1) is 0 Å². The number of methoxy groups -OCH3 is 2. The van der Waals surface area contributed by atoms with Crippen LogP contribution in [0, 0.1) is 11.3 Å². The molecule has 0 aromatic heterocycles. The number of benzene rings is 1. The van der Waals surface area contributed by atoms with Crippen LogP contribution in [0.15, 0.2) is 30.3 Å². The van der Waals surface area contributed by atoms with E-state index in [-0.39, 0.29) is 17.4 Å². The molecule has 1 aromatic rings. The van der Waals surface area contributed by atoms with E-state index in [1.54, 1.807) is 7.11 Å². The largest absolute Gasteiger partial charge is 0.469 e. The van der Waals surface area contributed by atoms with Gasteiger partial charge in [-0.05, 0) is 17.9 Å². The van der Waals surface area contributed by atoms with E-state index in [1.165, 1.54) is 12.7 Å². The topological polar surface area (TPSA) is 38.8 Å². The van der Waals surface area contributed by atoms with Crippen molar-refractivity contribution in [3.63, 3.8) is 0 Å². The molecule has 0 spiro atoms. The van der Waals surface area contributed by atoms with E-state index < -0.39 is 0 Å². The lowest BCUT2D eigenvalue weighted by molar-refractivity contribution is -0.150. The molecule has 2 aliphatic rings. The summed E-state index contributed by atoms with van der Waals surface area (Å²) in [7, 11) is 3.18. The number of hydrogen-bond donors (Lipinski definition) is 0. The molecule has 0 radical (unpaired) electrons. The molecule has 0 unspecified atom stereocenters. The highest BCUT2D eigenvalue weighted by atomic mass is 16.5. The normalized spacial score (nSPS) is 31.9. The molecule has 3 rings (SSSR count). The van der Waals surface area contributed by atoms with Crippen LogP contribution in [-0.2, 0) is 20.8 Å². The van der Waals surface area contributed by atoms with Crippen LogP contribution in [0.1, 0.15) is 12.0 Å². The number of nitrogens with zero attached hydrogens (tertiary/aromatic N) is 1. The summed E-state index contributed by atoms with van der Waals surface area (Å²) in [5.41, 5.74) is 0.953. The van der Waals surface area contributed by atoms with Gasteiger partial charge in [0.2, 0.25) is 0 Å². The zero-order valence-electron chi connectivity index (χ0n) is 12.0. The first kappa shape index (κ1) is 13.6. The van der Waals surface area contributed by atoms with Crippen molar-refractivity contribution >= 4 is 5.97 Å². The van der Waals surface area contributed by atoms with Crippen LogP contribution in [0.4, 0.5) is 0 Å². The molecule has 1 saturated heterocycles. The lowest BCUT2D eigenvalue weighted by atomic mass is 9.96. The highest BCUT2D eigenvalue weighted by molar-refractivity contribution is 5.82. The molecule has 0 N–H and O–H groups in total. The maximum absolute atomic E-state index is 12.2. The van der Waals surface area contributed by atoms with Gasteiger partial charge in [0.15, 0.2) is 0 Å². The van der Waals surface area contributed by atoms with Crippen LogP contribution in [0.5, 0.6) is 0 Å². The molecule has 4 heteroatoms. The van der Waals surface area contributed by atoms with Crippen LogP contribution >= 0.6 is 0 Å². The molecular formula is C16H21NO3. The second-order valence-corrected chi connectivity index (χ2v) is 5.82. The zero-order chi connectivity index (χ0) is 14.2. The van der Waals surface area contributed by atoms with Gasteiger partial charge in [-0.3, -0.25) is 9.69 Å². The van der Waals surface area contributed by atoms with Gasteiger partial charge in [0.1, 0.15) is 0 Å². The van der Waals surface area contributed by atoms with E-state index in [0.29, 0.717) is 12.5 Å². The molecular weight excluding hydrogens is 254 g/mol. The monoisotopic (exact) mass is 275 g/mol. The van der Waals surface area contributed by atoms with E-state index in [4.69, 9.17) is 9.47 Å². The quantitative estimate of drug-likeness (QED) is 0.767. The third-order valence-electron chi connectivity index (χ3n) is 4.76. The predicted octanol–water partition coefficient (Wildman–Crippen LogP) is 1.70. The Kier molecular flexibility index (Phi) is 3.52. The summed E-state index contributed by atoms with van der Waals surface area (Å²) < 4.78 is 10.4. The van der Waals surface area contributed by atoms with Crippen LogP contribution < -0.4 is 0 Å². The maximum Gasteiger partial charge on any atom is 0.313 e. The molecule has 3 atom stereocenters. The van der Waals surface area contributed by atoms with Crippen LogP contribution in [-0.4, -0.2) is 44.3 Å². The Bertz CT molecular complexity index is 490. The van der Waals surface area contributed by atoms with E-state index in [1.807, 2.05) is 18.2 Å². The molecule has 1 aliphatic carbocycles. The van der Waals surface area contributed by atoms with Gasteiger partial charge < -0.3 is 9.47 Å². The fourth-order valence-corrected chi connectivity index (χ4v) is 3.70. The number of rotatable bonds is 5. The van der Waals surface area contributed by atoms with Gasteiger partial charge in [0, 0.05) is 26.2 Å². The van der Waals surface area contributed by atoms with Gasteiger partial charge in [0.05, 0.1) is 19.1 Å². The lowest BCUT2D eigenvalue weighted by Crippen LogP contribution is -2.43. The molecule has 1 aliphatic heterocycles. The van der Waals surface area contributed by atoms with Crippen molar-refractivity contribution in [2.45, 2.75) is 19.0 Å². The standard InChI is InChI=1S/C16H21NO3/c1-19-11-14-16(15(18)20-2)8-13(16)10-17(14)9-12-6-4-3-5-7-12/h3-7,13-14H,8-11H2,1-2H3/t13-,14-,16+/m0/s1. The molecule has 1 heterocycles. The molecule has 2 fully saturated rings. The van der Waals surface area contributed by atoms with Gasteiger partial charge >= 0.3 is 5.97 Å². The average molecular weight is 275 g/mol. The minimum Gasteiger partial charge on any atom is -0.469 e. The van der Waals surface area contributed by atoms with Crippen molar-refractivity contribution < 1.29 is 14.3 Å². The van der Waals surface area contributed by atoms with Gasteiger partial charge in [-0.1, -0.05) is 30.3 Å². The van der Waals surface area contributed by atoms with Crippen molar-refractivity contribution in [2.24, 2.45) is 11.3 Å². The summed E-state index contributed by atoms with van der Waals surface area (Å²) >= 11 is 0. The number of fused-ring (bicyclic) bond motifs is 1. The van der Waals surface area contributed by atoms with Gasteiger partial charge in [0.25, 0.3) is 0 Å². The Labute approximate surface area is 119 Å². The number of piperidine rings is 1. The van der Waals surface area contributed by atoms with Crippen LogP contribution in [0.25, 0.3) is 0 Å². The summed E-state index contributed by atoms with van der Waals surface area (Å²) in [6.45, 7) is 2.40. The van der Waals surface area contributed by atoms with Crippen molar-refractivity contribution in [3.05, 3.63) is 35.9 Å². The van der Waals surface area contributed by atoms with Crippen molar-refractivity contribution in [1.29, 1.82) is 0 Å². The Balaban J connectivity index is 1.78. The Morgan fingerprint density at radius 1 is 1.35 bits per heavy atom. The smallest absolute Gasteiger partial charge is 0.313 e. The SMILES string of the molecule is COC[C@@H]1N(Cc2ccccc2)C[C@@H]2C[C@@]21C(=O)OC. The first-order valence-corrected chi connectivity index (χ1v) is 7.07. The van der Waals surface area contributed by atoms with Gasteiger partial charge in [-0.2, -0.15) is 0 Å². The second-order valence-electron chi connectivity index (χ2n) is 5.82. The van der Waals surface area contributed by atoms with E-state index >= 15 is 0 Å². The third kappa shape index (κ3) is 2.03. The molecule has 108 valence electrons. The fraction of sp³-hybridized carbons (Fsp3) is 0.562. The number of hydrogen-bond acceptors (Lipinski definition) is 4. The van der Waals surface area contributed by atoms with Crippen molar-refractivity contribution in [1.82, 2.24) is 4.90 Å². The first-order valence-electron chi connectivity index (χ1n) is 7.07. The summed E-state index contributed by atoms with van der Waals surface area (Å²) in [5, 5.41) is 0. The highest BCUT2D eigenvalue weighted by Crippen LogP contribution is 2.62. The molecule has 20 heavy (non-hydrogen) atoms. The number of carbonyl (C=O) groups is 1. The summed E-state index contributed by atoms with van der Waals surface area (Å²) in [6, 6.07) is 10.5. The first-order chi connectivity index (χ1) is 9.72. The van der Waals surface area contributed by atoms with E-state index in [0.717, 1.165) is 19.5 Å². The van der Waals surface area contributed by atoms with E-state index in [9.17, 15) is 4.79 Å². The van der Waals surface area contributed by atoms with Crippen molar-refractivity contribution in [2.75, 3.05) is 27.4 Å². The minimum absolute atomic E-state index is 0.0693. The van der Waals surface area contributed by atoms with Crippen LogP contribution in [0.3, 0.4) is 0 Å². The molecule has 4 nitrogen and oxygen atoms in total. The third-order valence-corrected chi connectivity index (χ3v) is 4.76. The van der Waals surface area contributed by atoms with E-state index in [2.05, 4.69) is 17.0 Å². The van der Waals surface area contributed by atoms with Crippen molar-refractivity contribution in [3.8, 4) is 0 Å². The zero-order valence-corrected chi connectivity index (χ0v) is 12.0. The second kappa shape index (κ2) is 5.19.